The molecule has 0 bridgehead atoms. The number of hydrogen-bond acceptors (Lipinski definition) is 4. The summed E-state index contributed by atoms with van der Waals surface area (Å²) < 4.78 is 4.11. The van der Waals surface area contributed by atoms with E-state index in [2.05, 4.69) is 37.0 Å². The fourth-order valence-electron chi connectivity index (χ4n) is 2.89. The quantitative estimate of drug-likeness (QED) is 0.128. The Hall–Kier alpha value is -2.03. The second-order valence-electron chi connectivity index (χ2n) is 11.0. The molecular formula is C56H80At2O4Y2-4. The first-order chi connectivity index (χ1) is 28.6. The second-order valence-corrected chi connectivity index (χ2v) is 11.0. The van der Waals surface area contributed by atoms with Gasteiger partial charge in [-0.1, -0.05) is 247 Å². The average Bonchev–Trinajstić information content (AvgIpc) is 3.30. The molecule has 0 amide bonds. The van der Waals surface area contributed by atoms with Crippen LogP contribution in [0.25, 0.3) is 0 Å². The van der Waals surface area contributed by atoms with E-state index < -0.39 is 0 Å². The molecule has 0 saturated heterocycles. The van der Waals surface area contributed by atoms with Crippen molar-refractivity contribution in [3.8, 4) is 0 Å². The fraction of sp³-hybridized carbons (Fsp3) is 0.232. The minimum absolute atomic E-state index is 0. The Morgan fingerprint density at radius 1 is 0.359 bits per heavy atom. The molecule has 2 radical (unpaired) electrons. The maximum absolute atomic E-state index is 10.6. The largest absolute Gasteiger partial charge is 0.542 e. The Kier molecular flexibility index (Phi) is 122. The molecule has 0 aliphatic carbocycles. The summed E-state index contributed by atoms with van der Waals surface area (Å²) in [5.41, 5.74) is 1.55. The molecule has 6 rings (SSSR count). The van der Waals surface area contributed by atoms with Gasteiger partial charge in [-0.05, 0) is 27.7 Å². The van der Waals surface area contributed by atoms with Gasteiger partial charge in [0.15, 0.2) is 11.6 Å². The van der Waals surface area contributed by atoms with Crippen molar-refractivity contribution in [2.45, 2.75) is 84.4 Å². The summed E-state index contributed by atoms with van der Waals surface area (Å²) in [5, 5.41) is 0. The molecule has 0 spiro atoms. The van der Waals surface area contributed by atoms with Gasteiger partial charge in [0.05, 0.1) is 0 Å². The molecule has 0 atom stereocenters. The number of carbonyl (C=O) groups excluding carboxylic acids is 4. The van der Waals surface area contributed by atoms with E-state index >= 15 is 0 Å². The second kappa shape index (κ2) is 87.8. The van der Waals surface area contributed by atoms with Crippen LogP contribution in [0.3, 0.4) is 0 Å². The first-order valence-electron chi connectivity index (χ1n) is 19.2. The first-order valence-corrected chi connectivity index (χ1v) is 25.1. The molecule has 64 heavy (non-hydrogen) atoms. The maximum atomic E-state index is 10.6. The van der Waals surface area contributed by atoms with Crippen molar-refractivity contribution in [2.75, 3.05) is 0 Å². The standard InChI is InChI=1S/2C8H8O.4C6H6.C3H6O.2C3H8.C2H3O.2CH3At.3CH3.2Y/c2*1-7(9)8-5-3-2-4-6-8;4*1-2-4-6-5-3-1;1-3(2)4;2*1-3-2;1-2-3;2*1-2;;;;;/h2*2-6H,1H3;4*1-6H;1-2H3;2*3H2,1-2H3;1H3;2*1H3;3*1H3;;/q;;;;;;;;;-1;;;3*-1;;. The van der Waals surface area contributed by atoms with Gasteiger partial charge in [-0.3, -0.25) is 15.9 Å². The number of hydrogen-bond donors (Lipinski definition) is 0. The van der Waals surface area contributed by atoms with E-state index in [9.17, 15) is 14.4 Å². The molecule has 0 aliphatic heterocycles. The van der Waals surface area contributed by atoms with Crippen molar-refractivity contribution >= 4 is 23.6 Å². The van der Waals surface area contributed by atoms with Gasteiger partial charge in [0.1, 0.15) is 5.78 Å². The average molecular weight is 1420 g/mol. The normalized spacial score (nSPS) is 6.89. The molecule has 8 heteroatoms. The van der Waals surface area contributed by atoms with E-state index in [1.54, 1.807) is 63.3 Å². The minimum atomic E-state index is 0. The van der Waals surface area contributed by atoms with Gasteiger partial charge in [0.2, 0.25) is 0 Å². The van der Waals surface area contributed by atoms with E-state index in [0.717, 1.165) is 11.1 Å². The van der Waals surface area contributed by atoms with Crippen LogP contribution in [0.5, 0.6) is 0 Å². The molecule has 0 fully saturated rings. The third-order valence-corrected chi connectivity index (χ3v) is 5.03. The van der Waals surface area contributed by atoms with Gasteiger partial charge < -0.3 is 31.9 Å². The zero-order valence-electron chi connectivity index (χ0n) is 41.6. The molecule has 6 aromatic rings. The first kappa shape index (κ1) is 88.7. The third-order valence-electron chi connectivity index (χ3n) is 5.03. The molecule has 0 aliphatic rings. The topological polar surface area (TPSA) is 68.3 Å². The summed E-state index contributed by atoms with van der Waals surface area (Å²) in [4.78, 5) is 39.4. The molecule has 352 valence electrons. The van der Waals surface area contributed by atoms with Crippen LogP contribution in [0.4, 0.5) is 0 Å². The van der Waals surface area contributed by atoms with Crippen molar-refractivity contribution in [3.63, 3.8) is 0 Å². The minimum Gasteiger partial charge on any atom is -0.542 e. The molecule has 4 nitrogen and oxygen atoms in total. The summed E-state index contributed by atoms with van der Waals surface area (Å²) in [6, 6.07) is 66.5. The predicted octanol–water partition coefficient (Wildman–Crippen LogP) is 16.6. The van der Waals surface area contributed by atoms with Gasteiger partial charge >= 0.3 is 58.7 Å². The molecule has 0 heterocycles. The summed E-state index contributed by atoms with van der Waals surface area (Å²) in [5.74, 6) is 0.409. The molecule has 6 aromatic carbocycles. The Bertz CT molecular complexity index is 1300. The SMILES string of the molecule is CC(=O)c1ccccc1.CC(=O)c1ccccc1.CC(C)=O.CCC.CCC.C[At].C[At].C[C-]=O.[CH3-].[CH3-].[CH3-].[Y].[Y].c1ccccc1.c1ccccc1.c1ccccc1.c1ccccc1. The molecule has 0 aromatic heterocycles. The van der Waals surface area contributed by atoms with Crippen molar-refractivity contribution in [2.24, 2.45) is 0 Å². The van der Waals surface area contributed by atoms with Crippen molar-refractivity contribution in [1.29, 1.82) is 0 Å². The van der Waals surface area contributed by atoms with Gasteiger partial charge in [-0.2, -0.15) is 6.92 Å². The van der Waals surface area contributed by atoms with E-state index in [0.29, 0.717) is 0 Å². The van der Waals surface area contributed by atoms with Crippen molar-refractivity contribution in [1.82, 2.24) is 0 Å². The number of benzene rings is 6. The van der Waals surface area contributed by atoms with Crippen LogP contribution < -0.4 is 0 Å². The van der Waals surface area contributed by atoms with Crippen LogP contribution in [0.2, 0.25) is 9.26 Å². The summed E-state index contributed by atoms with van der Waals surface area (Å²) in [6.07, 6.45) is 4.00. The van der Waals surface area contributed by atoms with Crippen LogP contribution in [-0.2, 0) is 75.0 Å². The molecular weight excluding hydrogens is 1330 g/mol. The van der Waals surface area contributed by atoms with Crippen LogP contribution in [0, 0.1) is 71.7 Å². The Labute approximate surface area is 475 Å². The number of rotatable bonds is 2. The fourth-order valence-corrected chi connectivity index (χ4v) is 2.89. The van der Waals surface area contributed by atoms with E-state index in [4.69, 9.17) is 4.79 Å². The van der Waals surface area contributed by atoms with E-state index in [1.165, 1.54) is 39.9 Å². The summed E-state index contributed by atoms with van der Waals surface area (Å²) in [6.45, 7) is 16.0. The van der Waals surface area contributed by atoms with E-state index in [-0.39, 0.29) is 105 Å². The number of Topliss-reactive ketones (excluding diaryl/α,β-unsaturated/α-hetero) is 3. The number of ketones is 3. The zero-order valence-corrected chi connectivity index (χ0v) is 53.1. The molecule has 0 N–H and O–H groups in total. The Balaban J connectivity index is -0.0000000543. The number of carbonyl (C=O) groups is 3. The smallest absolute Gasteiger partial charge is 0 e. The predicted molar refractivity (Wildman–Crippen MR) is 269 cm³/mol. The van der Waals surface area contributed by atoms with Gasteiger partial charge in [0.25, 0.3) is 0 Å². The van der Waals surface area contributed by atoms with Gasteiger partial charge in [-0.15, -0.1) is 0 Å². The Morgan fingerprint density at radius 2 is 0.438 bits per heavy atom. The summed E-state index contributed by atoms with van der Waals surface area (Å²) >= 11 is 3.44. The maximum Gasteiger partial charge on any atom is 0 e. The van der Waals surface area contributed by atoms with Gasteiger partial charge in [-0.25, -0.2) is 0 Å². The van der Waals surface area contributed by atoms with Crippen LogP contribution in [0.15, 0.2) is 206 Å². The Morgan fingerprint density at radius 3 is 0.500 bits per heavy atom. The van der Waals surface area contributed by atoms with Crippen molar-refractivity contribution in [3.05, 3.63) is 240 Å². The van der Waals surface area contributed by atoms with Crippen LogP contribution in [0.1, 0.15) is 95.9 Å². The van der Waals surface area contributed by atoms with Crippen molar-refractivity contribution < 1.29 is 134 Å². The van der Waals surface area contributed by atoms with Crippen LogP contribution in [-0.4, -0.2) is 23.6 Å². The van der Waals surface area contributed by atoms with E-state index in [1.807, 2.05) is 206 Å². The van der Waals surface area contributed by atoms with Gasteiger partial charge in [0, 0.05) is 76.5 Å². The molecule has 0 unspecified atom stereocenters. The zero-order chi connectivity index (χ0) is 46.0. The van der Waals surface area contributed by atoms with Crippen LogP contribution >= 0.6 is 0 Å². The third kappa shape index (κ3) is 98.7. The molecule has 0 saturated carbocycles. The monoisotopic (exact) mass is 1410 g/mol. The summed E-state index contributed by atoms with van der Waals surface area (Å²) in [7, 11) is 0.